The molecule has 1 aliphatic rings. The highest BCUT2D eigenvalue weighted by atomic mass is 32.1. The number of hydrogen-bond acceptors (Lipinski definition) is 3. The number of fused-ring (bicyclic) bond motifs is 1. The van der Waals surface area contributed by atoms with E-state index in [4.69, 9.17) is 4.74 Å². The minimum absolute atomic E-state index is 0.0143. The van der Waals surface area contributed by atoms with Crippen LogP contribution >= 0.6 is 11.3 Å². The van der Waals surface area contributed by atoms with Crippen LogP contribution in [-0.4, -0.2) is 12.5 Å². The Kier molecular flexibility index (Phi) is 4.94. The summed E-state index contributed by atoms with van der Waals surface area (Å²) in [5.74, 6) is 0.508. The summed E-state index contributed by atoms with van der Waals surface area (Å²) in [7, 11) is 0. The average Bonchev–Trinajstić information content (AvgIpc) is 3.10. The maximum absolute atomic E-state index is 13.3. The Hall–Kier alpha value is -2.66. The first-order chi connectivity index (χ1) is 13.2. The van der Waals surface area contributed by atoms with Gasteiger partial charge < -0.3 is 10.1 Å². The third-order valence-electron chi connectivity index (χ3n) is 4.70. The van der Waals surface area contributed by atoms with Gasteiger partial charge in [0.1, 0.15) is 11.6 Å². The molecule has 0 aliphatic carbocycles. The fourth-order valence-electron chi connectivity index (χ4n) is 3.43. The molecule has 138 valence electrons. The van der Waals surface area contributed by atoms with Crippen molar-refractivity contribution in [3.8, 4) is 16.9 Å². The van der Waals surface area contributed by atoms with Gasteiger partial charge in [0.2, 0.25) is 5.91 Å². The molecule has 3 aromatic rings. The molecule has 1 amide bonds. The number of amides is 1. The predicted molar refractivity (Wildman–Crippen MR) is 107 cm³/mol. The first-order valence-corrected chi connectivity index (χ1v) is 9.94. The van der Waals surface area contributed by atoms with Gasteiger partial charge in [0.25, 0.3) is 0 Å². The molecule has 1 atom stereocenters. The summed E-state index contributed by atoms with van der Waals surface area (Å²) < 4.78 is 19.2. The summed E-state index contributed by atoms with van der Waals surface area (Å²) in [5, 5.41) is 5.05. The zero-order valence-corrected chi connectivity index (χ0v) is 15.8. The summed E-state index contributed by atoms with van der Waals surface area (Å²) in [6, 6.07) is 14.3. The van der Waals surface area contributed by atoms with Crippen LogP contribution in [0.3, 0.4) is 0 Å². The van der Waals surface area contributed by atoms with Crippen molar-refractivity contribution in [3.63, 3.8) is 0 Å². The first kappa shape index (κ1) is 17.7. The van der Waals surface area contributed by atoms with Crippen LogP contribution < -0.4 is 10.1 Å². The molecule has 0 fully saturated rings. The van der Waals surface area contributed by atoms with E-state index in [0.717, 1.165) is 39.4 Å². The van der Waals surface area contributed by atoms with Crippen molar-refractivity contribution in [2.75, 3.05) is 11.9 Å². The molecule has 2 aromatic carbocycles. The maximum atomic E-state index is 13.3. The third-order valence-corrected chi connectivity index (χ3v) is 5.80. The van der Waals surface area contributed by atoms with Crippen molar-refractivity contribution < 1.29 is 13.9 Å². The van der Waals surface area contributed by atoms with E-state index in [1.54, 1.807) is 23.5 Å². The normalized spacial score (nSPS) is 15.9. The monoisotopic (exact) mass is 381 g/mol. The lowest BCUT2D eigenvalue weighted by atomic mass is 9.88. The molecule has 3 nitrogen and oxygen atoms in total. The van der Waals surface area contributed by atoms with Crippen LogP contribution in [0.4, 0.5) is 10.1 Å². The smallest absolute Gasteiger partial charge is 0.225 e. The van der Waals surface area contributed by atoms with Gasteiger partial charge in [0.05, 0.1) is 12.3 Å². The Morgan fingerprint density at radius 3 is 2.74 bits per heavy atom. The molecule has 1 N–H and O–H groups in total. The maximum Gasteiger partial charge on any atom is 0.225 e. The Bertz CT molecular complexity index is 965. The molecule has 0 saturated heterocycles. The zero-order valence-electron chi connectivity index (χ0n) is 15.0. The van der Waals surface area contributed by atoms with Crippen LogP contribution in [0.15, 0.2) is 53.9 Å². The zero-order chi connectivity index (χ0) is 18.8. The average molecular weight is 381 g/mol. The quantitative estimate of drug-likeness (QED) is 0.605. The fourth-order valence-corrected chi connectivity index (χ4v) is 4.58. The van der Waals surface area contributed by atoms with E-state index in [9.17, 15) is 9.18 Å². The molecule has 27 heavy (non-hydrogen) atoms. The SMILES string of the molecule is CCCOc1ccccc1[C@@H]1CC(=O)Nc2c(-c3ccc(F)cc3)csc21. The second kappa shape index (κ2) is 7.53. The van der Waals surface area contributed by atoms with Crippen molar-refractivity contribution in [2.24, 2.45) is 0 Å². The molecule has 0 spiro atoms. The lowest BCUT2D eigenvalue weighted by Gasteiger charge is -2.25. The standard InChI is InChI=1S/C22H20FNO2S/c1-2-11-26-19-6-4-3-5-16(19)17-12-20(25)24-21-18(13-27-22(17)21)14-7-9-15(23)10-8-14/h3-10,13,17H,2,11-12H2,1H3,(H,24,25)/t17-/m0/s1. The van der Waals surface area contributed by atoms with Gasteiger partial charge in [-0.3, -0.25) is 4.79 Å². The second-order valence-corrected chi connectivity index (χ2v) is 7.50. The van der Waals surface area contributed by atoms with E-state index in [1.165, 1.54) is 12.1 Å². The minimum atomic E-state index is -0.272. The number of carbonyl (C=O) groups excluding carboxylic acids is 1. The lowest BCUT2D eigenvalue weighted by molar-refractivity contribution is -0.116. The number of para-hydroxylation sites is 1. The number of rotatable bonds is 5. The summed E-state index contributed by atoms with van der Waals surface area (Å²) in [6.07, 6.45) is 1.32. The number of ether oxygens (including phenoxy) is 1. The summed E-state index contributed by atoms with van der Waals surface area (Å²) >= 11 is 1.62. The van der Waals surface area contributed by atoms with E-state index >= 15 is 0 Å². The highest BCUT2D eigenvalue weighted by molar-refractivity contribution is 7.11. The van der Waals surface area contributed by atoms with Crippen LogP contribution in [-0.2, 0) is 4.79 Å². The molecule has 4 rings (SSSR count). The van der Waals surface area contributed by atoms with Gasteiger partial charge in [-0.2, -0.15) is 0 Å². The molecule has 1 aromatic heterocycles. The number of anilines is 1. The van der Waals surface area contributed by atoms with Crippen LogP contribution in [0.2, 0.25) is 0 Å². The minimum Gasteiger partial charge on any atom is -0.493 e. The number of benzene rings is 2. The van der Waals surface area contributed by atoms with Gasteiger partial charge >= 0.3 is 0 Å². The lowest BCUT2D eigenvalue weighted by Crippen LogP contribution is -2.22. The van der Waals surface area contributed by atoms with Crippen molar-refractivity contribution >= 4 is 22.9 Å². The number of halogens is 1. The molecule has 2 heterocycles. The van der Waals surface area contributed by atoms with Gasteiger partial charge in [0, 0.05) is 33.7 Å². The summed E-state index contributed by atoms with van der Waals surface area (Å²) in [6.45, 7) is 2.72. The Morgan fingerprint density at radius 1 is 1.19 bits per heavy atom. The van der Waals surface area contributed by atoms with Crippen molar-refractivity contribution in [3.05, 3.63) is 70.2 Å². The molecule has 0 unspecified atom stereocenters. The highest BCUT2D eigenvalue weighted by Gasteiger charge is 2.32. The highest BCUT2D eigenvalue weighted by Crippen LogP contribution is 2.48. The van der Waals surface area contributed by atoms with E-state index in [1.807, 2.05) is 29.6 Å². The first-order valence-electron chi connectivity index (χ1n) is 9.06. The molecule has 0 saturated carbocycles. The topological polar surface area (TPSA) is 38.3 Å². The molecule has 0 radical (unpaired) electrons. The van der Waals surface area contributed by atoms with Crippen molar-refractivity contribution in [1.29, 1.82) is 0 Å². The molecule has 0 bridgehead atoms. The predicted octanol–water partition coefficient (Wildman–Crippen LogP) is 5.82. The summed E-state index contributed by atoms with van der Waals surface area (Å²) in [4.78, 5) is 13.6. The van der Waals surface area contributed by atoms with E-state index < -0.39 is 0 Å². The van der Waals surface area contributed by atoms with E-state index in [-0.39, 0.29) is 17.6 Å². The fraction of sp³-hybridized carbons (Fsp3) is 0.227. The molecular weight excluding hydrogens is 361 g/mol. The van der Waals surface area contributed by atoms with Gasteiger partial charge in [-0.05, 0) is 30.2 Å². The largest absolute Gasteiger partial charge is 0.493 e. The van der Waals surface area contributed by atoms with E-state index in [2.05, 4.69) is 12.2 Å². The molecule has 5 heteroatoms. The van der Waals surface area contributed by atoms with Gasteiger partial charge in [-0.15, -0.1) is 11.3 Å². The van der Waals surface area contributed by atoms with E-state index in [0.29, 0.717) is 13.0 Å². The van der Waals surface area contributed by atoms with Crippen LogP contribution in [0.25, 0.3) is 11.1 Å². The van der Waals surface area contributed by atoms with Crippen molar-refractivity contribution in [2.45, 2.75) is 25.7 Å². The van der Waals surface area contributed by atoms with Gasteiger partial charge in [-0.1, -0.05) is 37.3 Å². The van der Waals surface area contributed by atoms with Crippen LogP contribution in [0, 0.1) is 5.82 Å². The molecular formula is C22H20FNO2S. The Labute approximate surface area is 161 Å². The Morgan fingerprint density at radius 2 is 1.96 bits per heavy atom. The van der Waals surface area contributed by atoms with Gasteiger partial charge in [-0.25, -0.2) is 4.39 Å². The summed E-state index contributed by atoms with van der Waals surface area (Å²) in [5.41, 5.74) is 3.69. The molecule has 1 aliphatic heterocycles. The third kappa shape index (κ3) is 3.47. The second-order valence-electron chi connectivity index (χ2n) is 6.59. The number of carbonyl (C=O) groups is 1. The van der Waals surface area contributed by atoms with Crippen LogP contribution in [0.1, 0.15) is 36.1 Å². The Balaban J connectivity index is 1.77. The number of hydrogen-bond donors (Lipinski definition) is 1. The van der Waals surface area contributed by atoms with Gasteiger partial charge in [0.15, 0.2) is 0 Å². The number of nitrogens with one attached hydrogen (secondary N) is 1. The van der Waals surface area contributed by atoms with Crippen LogP contribution in [0.5, 0.6) is 5.75 Å². The number of thiophene rings is 1. The van der Waals surface area contributed by atoms with Crippen molar-refractivity contribution in [1.82, 2.24) is 0 Å².